The molecule has 0 saturated heterocycles. The third-order valence-corrected chi connectivity index (χ3v) is 1.65. The highest BCUT2D eigenvalue weighted by molar-refractivity contribution is 5.85. The normalized spacial score (nSPS) is 8.78. The van der Waals surface area contributed by atoms with Crippen molar-refractivity contribution in [2.45, 2.75) is 19.3 Å². The maximum atomic E-state index is 10.3. The number of esters is 1. The number of aliphatic hydroxyl groups is 2. The molecule has 0 aromatic heterocycles. The first-order chi connectivity index (χ1) is 8.49. The quantitative estimate of drug-likeness (QED) is 0.333. The molecule has 6 nitrogen and oxygen atoms in total. The Bertz CT molecular complexity index is 270. The zero-order chi connectivity index (χ0) is 14.4. The SMILES string of the molecule is C=C(CCCO)C(=O)O.C=CC(=O)OCCCO. The molecule has 0 aromatic carbocycles. The van der Waals surface area contributed by atoms with Crippen molar-refractivity contribution in [3.63, 3.8) is 0 Å². The topological polar surface area (TPSA) is 104 Å². The van der Waals surface area contributed by atoms with Crippen LogP contribution in [0.25, 0.3) is 0 Å². The lowest BCUT2D eigenvalue weighted by molar-refractivity contribution is -0.138. The van der Waals surface area contributed by atoms with Gasteiger partial charge in [0.2, 0.25) is 0 Å². The summed E-state index contributed by atoms with van der Waals surface area (Å²) in [5.41, 5.74) is 0.157. The summed E-state index contributed by atoms with van der Waals surface area (Å²) in [6, 6.07) is 0. The molecule has 0 unspecified atom stereocenters. The van der Waals surface area contributed by atoms with Crippen LogP contribution in [0.2, 0.25) is 0 Å². The van der Waals surface area contributed by atoms with Crippen LogP contribution in [0.4, 0.5) is 0 Å². The number of hydrogen-bond donors (Lipinski definition) is 3. The van der Waals surface area contributed by atoms with E-state index >= 15 is 0 Å². The molecule has 3 N–H and O–H groups in total. The number of aliphatic hydroxyl groups excluding tert-OH is 2. The molecule has 0 heterocycles. The summed E-state index contributed by atoms with van der Waals surface area (Å²) in [7, 11) is 0. The van der Waals surface area contributed by atoms with Crippen molar-refractivity contribution >= 4 is 11.9 Å². The molecule has 0 spiro atoms. The molecule has 18 heavy (non-hydrogen) atoms. The van der Waals surface area contributed by atoms with Crippen molar-refractivity contribution in [3.8, 4) is 0 Å². The zero-order valence-electron chi connectivity index (χ0n) is 10.3. The van der Waals surface area contributed by atoms with Gasteiger partial charge in [0.25, 0.3) is 0 Å². The third-order valence-electron chi connectivity index (χ3n) is 1.65. The third kappa shape index (κ3) is 14.3. The van der Waals surface area contributed by atoms with E-state index in [1.165, 1.54) is 0 Å². The number of hydrogen-bond acceptors (Lipinski definition) is 5. The molecule has 0 rings (SSSR count). The van der Waals surface area contributed by atoms with Gasteiger partial charge in [-0.25, -0.2) is 9.59 Å². The summed E-state index contributed by atoms with van der Waals surface area (Å²) in [5, 5.41) is 24.7. The monoisotopic (exact) mass is 260 g/mol. The number of carbonyl (C=O) groups excluding carboxylic acids is 1. The summed E-state index contributed by atoms with van der Waals surface area (Å²) >= 11 is 0. The molecular weight excluding hydrogens is 240 g/mol. The van der Waals surface area contributed by atoms with E-state index in [2.05, 4.69) is 17.9 Å². The maximum Gasteiger partial charge on any atom is 0.330 e. The van der Waals surface area contributed by atoms with Crippen LogP contribution in [0.15, 0.2) is 24.8 Å². The predicted molar refractivity (Wildman–Crippen MR) is 66.0 cm³/mol. The Labute approximate surface area is 106 Å². The lowest BCUT2D eigenvalue weighted by atomic mass is 10.2. The molecule has 0 bridgehead atoms. The minimum absolute atomic E-state index is 0.0201. The molecule has 0 aliphatic rings. The number of aliphatic carboxylic acids is 1. The highest BCUT2D eigenvalue weighted by Gasteiger charge is 2.00. The number of carbonyl (C=O) groups is 2. The fraction of sp³-hybridized carbons (Fsp3) is 0.500. The Morgan fingerprint density at radius 3 is 2.11 bits per heavy atom. The van der Waals surface area contributed by atoms with Gasteiger partial charge in [0.1, 0.15) is 0 Å². The van der Waals surface area contributed by atoms with Crippen LogP contribution in [-0.4, -0.2) is 47.1 Å². The van der Waals surface area contributed by atoms with Crippen molar-refractivity contribution in [2.24, 2.45) is 0 Å². The van der Waals surface area contributed by atoms with Crippen molar-refractivity contribution in [3.05, 3.63) is 24.8 Å². The van der Waals surface area contributed by atoms with Gasteiger partial charge in [-0.3, -0.25) is 0 Å². The molecule has 0 atom stereocenters. The predicted octanol–water partition coefficient (Wildman–Crippen LogP) is 0.498. The second-order valence-electron chi connectivity index (χ2n) is 3.18. The fourth-order valence-electron chi connectivity index (χ4n) is 0.696. The molecule has 6 heteroatoms. The van der Waals surface area contributed by atoms with Gasteiger partial charge in [-0.15, -0.1) is 0 Å². The van der Waals surface area contributed by atoms with Crippen molar-refractivity contribution in [1.29, 1.82) is 0 Å². The molecular formula is C12H20O6. The zero-order valence-corrected chi connectivity index (χ0v) is 10.3. The average Bonchev–Trinajstić information content (AvgIpc) is 2.36. The van der Waals surface area contributed by atoms with Gasteiger partial charge in [0.05, 0.1) is 6.61 Å². The van der Waals surface area contributed by atoms with Gasteiger partial charge in [-0.1, -0.05) is 13.2 Å². The minimum Gasteiger partial charge on any atom is -0.478 e. The Hall–Kier alpha value is -1.66. The van der Waals surface area contributed by atoms with E-state index in [9.17, 15) is 9.59 Å². The van der Waals surface area contributed by atoms with Gasteiger partial charge < -0.3 is 20.1 Å². The van der Waals surface area contributed by atoms with Crippen molar-refractivity contribution in [1.82, 2.24) is 0 Å². The van der Waals surface area contributed by atoms with Crippen molar-refractivity contribution < 1.29 is 29.6 Å². The Kier molecular flexibility index (Phi) is 13.9. The number of rotatable bonds is 8. The molecule has 0 amide bonds. The summed E-state index contributed by atoms with van der Waals surface area (Å²) in [6.45, 7) is 6.81. The van der Waals surface area contributed by atoms with E-state index < -0.39 is 11.9 Å². The first-order valence-corrected chi connectivity index (χ1v) is 5.41. The second kappa shape index (κ2) is 13.4. The van der Waals surface area contributed by atoms with Crippen LogP contribution >= 0.6 is 0 Å². The minimum atomic E-state index is -0.983. The summed E-state index contributed by atoms with van der Waals surface area (Å²) < 4.78 is 4.51. The van der Waals surface area contributed by atoms with E-state index in [0.29, 0.717) is 19.3 Å². The van der Waals surface area contributed by atoms with Gasteiger partial charge in [-0.05, 0) is 12.8 Å². The molecule has 104 valence electrons. The lowest BCUT2D eigenvalue weighted by Gasteiger charge is -1.96. The van der Waals surface area contributed by atoms with Crippen LogP contribution in [0.1, 0.15) is 19.3 Å². The highest BCUT2D eigenvalue weighted by Crippen LogP contribution is 2.00. The summed E-state index contributed by atoms with van der Waals surface area (Å²) in [4.78, 5) is 20.3. The number of carboxylic acids is 1. The van der Waals surface area contributed by atoms with E-state index in [1.54, 1.807) is 0 Å². The number of carboxylic acid groups (broad SMARTS) is 1. The van der Waals surface area contributed by atoms with Crippen molar-refractivity contribution in [2.75, 3.05) is 19.8 Å². The molecule has 0 saturated carbocycles. The smallest absolute Gasteiger partial charge is 0.330 e. The van der Waals surface area contributed by atoms with E-state index in [-0.39, 0.29) is 25.4 Å². The largest absolute Gasteiger partial charge is 0.478 e. The highest BCUT2D eigenvalue weighted by atomic mass is 16.5. The molecule has 0 aliphatic carbocycles. The Balaban J connectivity index is 0. The standard InChI is InChI=1S/2C6H10O3/c1-5(6(8)9)3-2-4-7;1-2-6(8)9-5-3-4-7/h7H,1-4H2,(H,8,9);2,7H,1,3-5H2. The van der Waals surface area contributed by atoms with Crippen LogP contribution in [0, 0.1) is 0 Å². The van der Waals surface area contributed by atoms with Crippen LogP contribution in [-0.2, 0) is 14.3 Å². The van der Waals surface area contributed by atoms with Crippen LogP contribution in [0.5, 0.6) is 0 Å². The summed E-state index contributed by atoms with van der Waals surface area (Å²) in [5.74, 6) is -1.42. The lowest BCUT2D eigenvalue weighted by Crippen LogP contribution is -2.02. The first-order valence-electron chi connectivity index (χ1n) is 5.41. The first kappa shape index (κ1) is 18.7. The van der Waals surface area contributed by atoms with E-state index in [1.807, 2.05) is 0 Å². The van der Waals surface area contributed by atoms with Crippen LogP contribution in [0.3, 0.4) is 0 Å². The Morgan fingerprint density at radius 2 is 1.72 bits per heavy atom. The Morgan fingerprint density at radius 1 is 1.17 bits per heavy atom. The van der Waals surface area contributed by atoms with Gasteiger partial charge >= 0.3 is 11.9 Å². The van der Waals surface area contributed by atoms with Gasteiger partial charge in [0, 0.05) is 31.3 Å². The van der Waals surface area contributed by atoms with Gasteiger partial charge in [-0.2, -0.15) is 0 Å². The molecule has 0 aromatic rings. The molecule has 0 fully saturated rings. The average molecular weight is 260 g/mol. The van der Waals surface area contributed by atoms with E-state index in [0.717, 1.165) is 6.08 Å². The van der Waals surface area contributed by atoms with E-state index in [4.69, 9.17) is 15.3 Å². The van der Waals surface area contributed by atoms with Gasteiger partial charge in [0.15, 0.2) is 0 Å². The maximum absolute atomic E-state index is 10.3. The number of ether oxygens (including phenoxy) is 1. The second-order valence-corrected chi connectivity index (χ2v) is 3.18. The molecule has 0 aliphatic heterocycles. The fourth-order valence-corrected chi connectivity index (χ4v) is 0.696. The van der Waals surface area contributed by atoms with Crippen LogP contribution < -0.4 is 0 Å². The molecule has 0 radical (unpaired) electrons. The summed E-state index contributed by atoms with van der Waals surface area (Å²) in [6.07, 6.45) is 2.42.